The molecule has 0 aliphatic heterocycles. The number of halogens is 1. The molecule has 0 saturated heterocycles. The van der Waals surface area contributed by atoms with Crippen LogP contribution in [0.3, 0.4) is 0 Å². The van der Waals surface area contributed by atoms with Crippen LogP contribution in [0.15, 0.2) is 52.9 Å². The lowest BCUT2D eigenvalue weighted by molar-refractivity contribution is 0.0699. The minimum Gasteiger partial charge on any atom is -0.507 e. The maximum atomic E-state index is 12.9. The Morgan fingerprint density at radius 3 is 2.35 bits per heavy atom. The van der Waals surface area contributed by atoms with Gasteiger partial charge < -0.3 is 14.3 Å². The van der Waals surface area contributed by atoms with Gasteiger partial charge in [-0.1, -0.05) is 12.1 Å². The quantitative estimate of drug-likeness (QED) is 0.531. The highest BCUT2D eigenvalue weighted by molar-refractivity contribution is 5.88. The Kier molecular flexibility index (Phi) is 5.07. The number of hydrogen-bond acceptors (Lipinski definition) is 4. The third kappa shape index (κ3) is 4.11. The molecule has 4 nitrogen and oxygen atoms in total. The Labute approximate surface area is 150 Å². The number of esters is 1. The molecule has 0 bridgehead atoms. The summed E-state index contributed by atoms with van der Waals surface area (Å²) in [7, 11) is 0. The number of aromatic hydroxyl groups is 1. The van der Waals surface area contributed by atoms with Crippen LogP contribution >= 0.6 is 0 Å². The zero-order valence-corrected chi connectivity index (χ0v) is 14.6. The average Bonchev–Trinajstić information content (AvgIpc) is 3.09. The topological polar surface area (TPSA) is 59.7 Å². The van der Waals surface area contributed by atoms with Crippen LogP contribution in [0, 0.1) is 19.7 Å². The monoisotopic (exact) mass is 354 g/mol. The Morgan fingerprint density at radius 2 is 1.69 bits per heavy atom. The lowest BCUT2D eigenvalue weighted by atomic mass is 10.0. The number of benzene rings is 2. The third-order valence-electron chi connectivity index (χ3n) is 4.10. The summed E-state index contributed by atoms with van der Waals surface area (Å²) in [5, 5.41) is 9.83. The van der Waals surface area contributed by atoms with Gasteiger partial charge in [-0.3, -0.25) is 0 Å². The lowest BCUT2D eigenvalue weighted by Gasteiger charge is -2.07. The predicted molar refractivity (Wildman–Crippen MR) is 95.1 cm³/mol. The van der Waals surface area contributed by atoms with Crippen molar-refractivity contribution in [3.8, 4) is 11.5 Å². The van der Waals surface area contributed by atoms with Crippen LogP contribution in [0.2, 0.25) is 0 Å². The highest BCUT2D eigenvalue weighted by Crippen LogP contribution is 2.24. The van der Waals surface area contributed by atoms with E-state index in [0.717, 1.165) is 23.1 Å². The number of furan rings is 1. The van der Waals surface area contributed by atoms with E-state index < -0.39 is 11.8 Å². The van der Waals surface area contributed by atoms with Crippen molar-refractivity contribution in [1.82, 2.24) is 0 Å². The molecule has 0 atom stereocenters. The van der Waals surface area contributed by atoms with Crippen molar-refractivity contribution in [2.24, 2.45) is 0 Å². The van der Waals surface area contributed by atoms with Crippen molar-refractivity contribution >= 4 is 5.97 Å². The molecule has 0 aliphatic rings. The van der Waals surface area contributed by atoms with E-state index >= 15 is 0 Å². The average molecular weight is 354 g/mol. The molecule has 5 heteroatoms. The van der Waals surface area contributed by atoms with E-state index in [1.165, 1.54) is 24.3 Å². The molecule has 3 aromatic rings. The third-order valence-corrected chi connectivity index (χ3v) is 4.10. The lowest BCUT2D eigenvalue weighted by Crippen LogP contribution is -2.07. The van der Waals surface area contributed by atoms with Gasteiger partial charge in [0.2, 0.25) is 5.76 Å². The smallest absolute Gasteiger partial charge is 0.379 e. The van der Waals surface area contributed by atoms with Gasteiger partial charge in [0.25, 0.3) is 0 Å². The van der Waals surface area contributed by atoms with E-state index in [4.69, 9.17) is 9.15 Å². The summed E-state index contributed by atoms with van der Waals surface area (Å²) in [5.74, 6) is 0.313. The fourth-order valence-corrected chi connectivity index (χ4v) is 2.74. The summed E-state index contributed by atoms with van der Waals surface area (Å²) in [6, 6.07) is 12.4. The predicted octanol–water partition coefficient (Wildman–Crippen LogP) is 4.75. The number of phenols is 1. The number of rotatable bonds is 5. The highest BCUT2D eigenvalue weighted by Gasteiger charge is 2.14. The molecule has 0 spiro atoms. The Hall–Kier alpha value is -3.08. The fraction of sp³-hybridized carbons (Fsp3) is 0.190. The first-order valence-corrected chi connectivity index (χ1v) is 8.28. The zero-order valence-electron chi connectivity index (χ0n) is 14.6. The van der Waals surface area contributed by atoms with Gasteiger partial charge in [-0.15, -0.1) is 0 Å². The second kappa shape index (κ2) is 7.44. The largest absolute Gasteiger partial charge is 0.507 e. The van der Waals surface area contributed by atoms with Crippen molar-refractivity contribution < 1.29 is 23.4 Å². The van der Waals surface area contributed by atoms with Gasteiger partial charge in [0, 0.05) is 6.42 Å². The highest BCUT2D eigenvalue weighted by atomic mass is 19.1. The molecule has 134 valence electrons. The van der Waals surface area contributed by atoms with E-state index in [2.05, 4.69) is 0 Å². The Morgan fingerprint density at radius 1 is 1.04 bits per heavy atom. The van der Waals surface area contributed by atoms with Crippen LogP contribution in [-0.2, 0) is 12.8 Å². The number of hydrogen-bond donors (Lipinski definition) is 1. The Balaban J connectivity index is 1.62. The van der Waals surface area contributed by atoms with E-state index in [9.17, 15) is 14.3 Å². The number of ether oxygens (including phenoxy) is 1. The number of carbonyl (C=O) groups excluding carboxylic acids is 1. The van der Waals surface area contributed by atoms with E-state index in [1.54, 1.807) is 12.1 Å². The van der Waals surface area contributed by atoms with Crippen molar-refractivity contribution in [3.63, 3.8) is 0 Å². The van der Waals surface area contributed by atoms with E-state index in [-0.39, 0.29) is 11.5 Å². The molecule has 0 amide bonds. The van der Waals surface area contributed by atoms with Crippen LogP contribution in [0.5, 0.6) is 11.5 Å². The van der Waals surface area contributed by atoms with E-state index in [1.807, 2.05) is 26.0 Å². The van der Waals surface area contributed by atoms with Crippen LogP contribution in [0.1, 0.15) is 33.0 Å². The second-order valence-electron chi connectivity index (χ2n) is 6.19. The summed E-state index contributed by atoms with van der Waals surface area (Å²) < 4.78 is 23.6. The molecule has 0 unspecified atom stereocenters. The first-order valence-electron chi connectivity index (χ1n) is 8.28. The van der Waals surface area contributed by atoms with Gasteiger partial charge in [0.1, 0.15) is 23.1 Å². The summed E-state index contributed by atoms with van der Waals surface area (Å²) in [6.07, 6.45) is 1.34. The second-order valence-corrected chi connectivity index (χ2v) is 6.19. The van der Waals surface area contributed by atoms with Gasteiger partial charge in [0.05, 0.1) is 0 Å². The van der Waals surface area contributed by atoms with Gasteiger partial charge in [-0.25, -0.2) is 9.18 Å². The maximum Gasteiger partial charge on any atom is 0.379 e. The van der Waals surface area contributed by atoms with Crippen LogP contribution < -0.4 is 4.74 Å². The summed E-state index contributed by atoms with van der Waals surface area (Å²) in [4.78, 5) is 12.1. The molecule has 3 rings (SSSR count). The standard InChI is InChI=1S/C21H19FO4/c1-13-11-15(12-14(2)20(13)23)3-6-17-9-10-19(25-17)21(24)26-18-7-4-16(22)5-8-18/h4-5,7-12,23H,3,6H2,1-2H3. The summed E-state index contributed by atoms with van der Waals surface area (Å²) >= 11 is 0. The summed E-state index contributed by atoms with van der Waals surface area (Å²) in [6.45, 7) is 3.73. The zero-order chi connectivity index (χ0) is 18.7. The van der Waals surface area contributed by atoms with Crippen molar-refractivity contribution in [2.75, 3.05) is 0 Å². The van der Waals surface area contributed by atoms with Gasteiger partial charge in [-0.2, -0.15) is 0 Å². The molecular weight excluding hydrogens is 335 g/mol. The Bertz CT molecular complexity index is 902. The van der Waals surface area contributed by atoms with Gasteiger partial charge in [-0.05, 0) is 73.4 Å². The molecule has 0 radical (unpaired) electrons. The molecule has 0 saturated carbocycles. The number of phenolic OH excluding ortho intramolecular Hbond substituents is 1. The first-order chi connectivity index (χ1) is 12.4. The first kappa shape index (κ1) is 17.7. The van der Waals surface area contributed by atoms with Crippen LogP contribution in [-0.4, -0.2) is 11.1 Å². The molecule has 0 aliphatic carbocycles. The number of carbonyl (C=O) groups is 1. The van der Waals surface area contributed by atoms with Crippen molar-refractivity contribution in [3.05, 3.63) is 82.6 Å². The minimum absolute atomic E-state index is 0.0994. The van der Waals surface area contributed by atoms with Gasteiger partial charge in [0.15, 0.2) is 0 Å². The number of aryl methyl sites for hydroxylation is 4. The maximum absolute atomic E-state index is 12.9. The van der Waals surface area contributed by atoms with Crippen molar-refractivity contribution in [1.29, 1.82) is 0 Å². The molecule has 26 heavy (non-hydrogen) atoms. The van der Waals surface area contributed by atoms with Crippen LogP contribution in [0.25, 0.3) is 0 Å². The normalized spacial score (nSPS) is 10.7. The molecule has 1 heterocycles. The SMILES string of the molecule is Cc1cc(CCc2ccc(C(=O)Oc3ccc(F)cc3)o2)cc(C)c1O. The van der Waals surface area contributed by atoms with Gasteiger partial charge >= 0.3 is 5.97 Å². The summed E-state index contributed by atoms with van der Waals surface area (Å²) in [5.41, 5.74) is 2.76. The fourth-order valence-electron chi connectivity index (χ4n) is 2.74. The molecule has 1 N–H and O–H groups in total. The van der Waals surface area contributed by atoms with E-state index in [0.29, 0.717) is 17.9 Å². The van der Waals surface area contributed by atoms with Crippen LogP contribution in [0.4, 0.5) is 4.39 Å². The molecule has 0 fully saturated rings. The van der Waals surface area contributed by atoms with Crippen molar-refractivity contribution in [2.45, 2.75) is 26.7 Å². The minimum atomic E-state index is -0.626. The molecule has 1 aromatic heterocycles. The molecular formula is C21H19FO4. The molecule has 2 aromatic carbocycles.